The van der Waals surface area contributed by atoms with Gasteiger partial charge in [-0.1, -0.05) is 25.1 Å². The number of carbonyl (C=O) groups is 1. The Kier molecular flexibility index (Phi) is 5.58. The number of sulfonamides is 1. The molecule has 22 heavy (non-hydrogen) atoms. The van der Waals surface area contributed by atoms with Gasteiger partial charge >= 0.3 is 0 Å². The molecular weight excluding hydrogens is 300 g/mol. The van der Waals surface area contributed by atoms with Crippen LogP contribution >= 0.6 is 0 Å². The molecule has 0 radical (unpaired) electrons. The molecule has 1 heterocycles. The predicted molar refractivity (Wildman–Crippen MR) is 86.0 cm³/mol. The minimum Gasteiger partial charge on any atom is -0.341 e. The molecule has 1 aromatic rings. The maximum Gasteiger partial charge on any atom is 0.243 e. The van der Waals surface area contributed by atoms with E-state index in [1.54, 1.807) is 17.0 Å². The lowest BCUT2D eigenvalue weighted by Gasteiger charge is -2.22. The maximum absolute atomic E-state index is 12.8. The van der Waals surface area contributed by atoms with Gasteiger partial charge in [0.05, 0.1) is 4.90 Å². The fourth-order valence-corrected chi connectivity index (χ4v) is 4.44. The Labute approximate surface area is 133 Å². The molecule has 1 aliphatic heterocycles. The highest BCUT2D eigenvalue weighted by molar-refractivity contribution is 7.89. The molecule has 0 atom stereocenters. The van der Waals surface area contributed by atoms with Crippen molar-refractivity contribution in [2.75, 3.05) is 26.2 Å². The lowest BCUT2D eigenvalue weighted by molar-refractivity contribution is -0.131. The molecule has 122 valence electrons. The third-order valence-corrected chi connectivity index (χ3v) is 6.04. The van der Waals surface area contributed by atoms with Crippen LogP contribution in [-0.2, 0) is 14.8 Å². The molecular formula is C16H24N2O3S. The summed E-state index contributed by atoms with van der Waals surface area (Å²) in [6, 6.07) is 7.04. The number of nitrogens with zero attached hydrogens (tertiary/aromatic N) is 2. The minimum atomic E-state index is -3.48. The van der Waals surface area contributed by atoms with E-state index in [1.807, 2.05) is 26.0 Å². The lowest BCUT2D eigenvalue weighted by Crippen LogP contribution is -2.37. The van der Waals surface area contributed by atoms with Gasteiger partial charge in [-0.15, -0.1) is 0 Å². The first kappa shape index (κ1) is 17.0. The number of carbonyl (C=O) groups excluding carboxylic acids is 1. The zero-order chi connectivity index (χ0) is 16.2. The van der Waals surface area contributed by atoms with Gasteiger partial charge in [0.15, 0.2) is 0 Å². The number of amides is 1. The average molecular weight is 324 g/mol. The number of aryl methyl sites for hydroxylation is 1. The third kappa shape index (κ3) is 3.67. The molecule has 1 saturated heterocycles. The van der Waals surface area contributed by atoms with E-state index in [-0.39, 0.29) is 5.91 Å². The van der Waals surface area contributed by atoms with Gasteiger partial charge in [-0.2, -0.15) is 4.31 Å². The van der Waals surface area contributed by atoms with Crippen LogP contribution in [0.3, 0.4) is 0 Å². The fourth-order valence-electron chi connectivity index (χ4n) is 2.74. The summed E-state index contributed by atoms with van der Waals surface area (Å²) in [6.45, 7) is 5.73. The van der Waals surface area contributed by atoms with E-state index >= 15 is 0 Å². The lowest BCUT2D eigenvalue weighted by atomic mass is 10.2. The highest BCUT2D eigenvalue weighted by Gasteiger charge is 2.28. The topological polar surface area (TPSA) is 57.7 Å². The summed E-state index contributed by atoms with van der Waals surface area (Å²) >= 11 is 0. The Morgan fingerprint density at radius 3 is 2.55 bits per heavy atom. The molecule has 0 saturated carbocycles. The number of benzene rings is 1. The zero-order valence-electron chi connectivity index (χ0n) is 13.3. The second kappa shape index (κ2) is 7.24. The molecule has 1 aromatic carbocycles. The number of hydrogen-bond acceptors (Lipinski definition) is 3. The van der Waals surface area contributed by atoms with Gasteiger partial charge in [-0.3, -0.25) is 4.79 Å². The van der Waals surface area contributed by atoms with E-state index in [4.69, 9.17) is 0 Å². The first-order chi connectivity index (χ1) is 10.5. The SMILES string of the molecule is CCCC(=O)N1CCCN(S(=O)(=O)c2ccccc2C)CC1. The Morgan fingerprint density at radius 1 is 1.14 bits per heavy atom. The maximum atomic E-state index is 12.8. The van der Waals surface area contributed by atoms with Gasteiger partial charge < -0.3 is 4.90 Å². The van der Waals surface area contributed by atoms with Gasteiger partial charge in [-0.05, 0) is 31.4 Å². The summed E-state index contributed by atoms with van der Waals surface area (Å²) in [5.74, 6) is 0.123. The number of rotatable bonds is 4. The second-order valence-corrected chi connectivity index (χ2v) is 7.56. The fraction of sp³-hybridized carbons (Fsp3) is 0.562. The van der Waals surface area contributed by atoms with Crippen LogP contribution in [-0.4, -0.2) is 49.7 Å². The quantitative estimate of drug-likeness (QED) is 0.851. The standard InChI is InChI=1S/C16H24N2O3S/c1-3-7-16(19)17-10-6-11-18(13-12-17)22(20,21)15-9-5-4-8-14(15)2/h4-5,8-9H,3,6-7,10-13H2,1-2H3. The molecule has 0 aliphatic carbocycles. The molecule has 6 heteroatoms. The van der Waals surface area contributed by atoms with E-state index in [0.29, 0.717) is 43.9 Å². The largest absolute Gasteiger partial charge is 0.341 e. The van der Waals surface area contributed by atoms with E-state index in [1.165, 1.54) is 4.31 Å². The molecule has 0 spiro atoms. The van der Waals surface area contributed by atoms with Crippen molar-refractivity contribution in [3.05, 3.63) is 29.8 Å². The molecule has 1 aliphatic rings. The van der Waals surface area contributed by atoms with Crippen LogP contribution in [0, 0.1) is 6.92 Å². The second-order valence-electron chi connectivity index (χ2n) is 5.65. The summed E-state index contributed by atoms with van der Waals surface area (Å²) in [5, 5.41) is 0. The van der Waals surface area contributed by atoms with Crippen molar-refractivity contribution in [3.8, 4) is 0 Å². The van der Waals surface area contributed by atoms with Crippen LogP contribution in [0.25, 0.3) is 0 Å². The molecule has 0 bridgehead atoms. The van der Waals surface area contributed by atoms with Crippen molar-refractivity contribution < 1.29 is 13.2 Å². The molecule has 0 N–H and O–H groups in total. The third-order valence-electron chi connectivity index (χ3n) is 3.98. The van der Waals surface area contributed by atoms with Crippen molar-refractivity contribution in [2.45, 2.75) is 38.0 Å². The molecule has 0 unspecified atom stereocenters. The van der Waals surface area contributed by atoms with Crippen LogP contribution in [0.1, 0.15) is 31.7 Å². The van der Waals surface area contributed by atoms with Crippen molar-refractivity contribution in [1.29, 1.82) is 0 Å². The highest BCUT2D eigenvalue weighted by atomic mass is 32.2. The van der Waals surface area contributed by atoms with Crippen molar-refractivity contribution >= 4 is 15.9 Å². The van der Waals surface area contributed by atoms with Gasteiger partial charge in [-0.25, -0.2) is 8.42 Å². The summed E-state index contributed by atoms with van der Waals surface area (Å²) in [4.78, 5) is 14.1. The highest BCUT2D eigenvalue weighted by Crippen LogP contribution is 2.21. The van der Waals surface area contributed by atoms with Crippen LogP contribution in [0.15, 0.2) is 29.2 Å². The monoisotopic (exact) mass is 324 g/mol. The molecule has 1 fully saturated rings. The first-order valence-electron chi connectivity index (χ1n) is 7.80. The summed E-state index contributed by atoms with van der Waals surface area (Å²) < 4.78 is 27.1. The minimum absolute atomic E-state index is 0.123. The Bertz CT molecular complexity index is 628. The predicted octanol–water partition coefficient (Wildman–Crippen LogP) is 2.02. The smallest absolute Gasteiger partial charge is 0.243 e. The van der Waals surface area contributed by atoms with Crippen molar-refractivity contribution in [2.24, 2.45) is 0 Å². The van der Waals surface area contributed by atoms with Crippen LogP contribution < -0.4 is 0 Å². The molecule has 0 aromatic heterocycles. The number of hydrogen-bond donors (Lipinski definition) is 0. The normalized spacial score (nSPS) is 17.3. The van der Waals surface area contributed by atoms with Gasteiger partial charge in [0, 0.05) is 32.6 Å². The summed E-state index contributed by atoms with van der Waals surface area (Å²) in [6.07, 6.45) is 2.03. The Morgan fingerprint density at radius 2 is 1.86 bits per heavy atom. The Hall–Kier alpha value is -1.40. The Balaban J connectivity index is 2.14. The van der Waals surface area contributed by atoms with Crippen LogP contribution in [0.2, 0.25) is 0 Å². The van der Waals surface area contributed by atoms with E-state index < -0.39 is 10.0 Å². The summed E-state index contributed by atoms with van der Waals surface area (Å²) in [5.41, 5.74) is 0.755. The van der Waals surface area contributed by atoms with E-state index in [2.05, 4.69) is 0 Å². The van der Waals surface area contributed by atoms with Crippen molar-refractivity contribution in [1.82, 2.24) is 9.21 Å². The summed E-state index contributed by atoms with van der Waals surface area (Å²) in [7, 11) is -3.48. The molecule has 1 amide bonds. The van der Waals surface area contributed by atoms with Crippen LogP contribution in [0.5, 0.6) is 0 Å². The van der Waals surface area contributed by atoms with E-state index in [9.17, 15) is 13.2 Å². The molecule has 2 rings (SSSR count). The van der Waals surface area contributed by atoms with Gasteiger partial charge in [0.1, 0.15) is 0 Å². The van der Waals surface area contributed by atoms with Gasteiger partial charge in [0.25, 0.3) is 0 Å². The van der Waals surface area contributed by atoms with E-state index in [0.717, 1.165) is 12.0 Å². The van der Waals surface area contributed by atoms with Gasteiger partial charge in [0.2, 0.25) is 15.9 Å². The first-order valence-corrected chi connectivity index (χ1v) is 9.24. The van der Waals surface area contributed by atoms with Crippen LogP contribution in [0.4, 0.5) is 0 Å². The van der Waals surface area contributed by atoms with Crippen molar-refractivity contribution in [3.63, 3.8) is 0 Å². The average Bonchev–Trinajstić information content (AvgIpc) is 2.74. The zero-order valence-corrected chi connectivity index (χ0v) is 14.1. The molecule has 5 nitrogen and oxygen atoms in total.